The molecule has 0 saturated heterocycles. The molecule has 0 radical (unpaired) electrons. The van der Waals surface area contributed by atoms with Crippen molar-refractivity contribution in [2.75, 3.05) is 6.54 Å². The van der Waals surface area contributed by atoms with Crippen molar-refractivity contribution in [3.8, 4) is 0 Å². The van der Waals surface area contributed by atoms with Gasteiger partial charge in [-0.2, -0.15) is 0 Å². The van der Waals surface area contributed by atoms with E-state index >= 15 is 0 Å². The van der Waals surface area contributed by atoms with Crippen LogP contribution in [0.2, 0.25) is 0 Å². The van der Waals surface area contributed by atoms with Crippen LogP contribution >= 0.6 is 0 Å². The van der Waals surface area contributed by atoms with E-state index in [1.807, 2.05) is 42.2 Å². The summed E-state index contributed by atoms with van der Waals surface area (Å²) in [5.74, 6) is 0.350. The van der Waals surface area contributed by atoms with Gasteiger partial charge in [-0.3, -0.25) is 14.6 Å². The maximum absolute atomic E-state index is 12.9. The Hall–Kier alpha value is -2.69. The molecule has 1 N–H and O–H groups in total. The minimum Gasteiger partial charge on any atom is -0.352 e. The maximum atomic E-state index is 12.9. The Labute approximate surface area is 167 Å². The van der Waals surface area contributed by atoms with Crippen molar-refractivity contribution < 1.29 is 9.59 Å². The van der Waals surface area contributed by atoms with Crippen LogP contribution < -0.4 is 5.32 Å². The Balaban J connectivity index is 1.47. The molecule has 2 amide bonds. The van der Waals surface area contributed by atoms with E-state index in [-0.39, 0.29) is 23.7 Å². The van der Waals surface area contributed by atoms with E-state index in [0.717, 1.165) is 36.8 Å². The minimum atomic E-state index is 0.00456. The number of hydrogen-bond acceptors (Lipinski definition) is 3. The number of nitrogens with one attached hydrogen (secondary N) is 1. The van der Waals surface area contributed by atoms with E-state index in [0.29, 0.717) is 19.6 Å². The van der Waals surface area contributed by atoms with Crippen LogP contribution in [0.4, 0.5) is 0 Å². The summed E-state index contributed by atoms with van der Waals surface area (Å²) >= 11 is 0. The lowest BCUT2D eigenvalue weighted by Gasteiger charge is -2.31. The zero-order valence-corrected chi connectivity index (χ0v) is 16.5. The second-order valence-electron chi connectivity index (χ2n) is 7.47. The summed E-state index contributed by atoms with van der Waals surface area (Å²) in [6.45, 7) is 3.89. The monoisotopic (exact) mass is 379 g/mol. The number of pyridine rings is 1. The van der Waals surface area contributed by atoms with Crippen LogP contribution in [-0.4, -0.2) is 28.2 Å². The van der Waals surface area contributed by atoms with Gasteiger partial charge in [0.2, 0.25) is 11.8 Å². The molecule has 1 aliphatic rings. The average molecular weight is 380 g/mol. The molecule has 0 bridgehead atoms. The molecule has 28 heavy (non-hydrogen) atoms. The molecule has 3 rings (SSSR count). The molecule has 5 nitrogen and oxygen atoms in total. The SMILES string of the molecule is CCN(Cc1ccccc1)C(=O)C1CCC(C(=O)NCc2cccnc2)CC1. The van der Waals surface area contributed by atoms with Crippen molar-refractivity contribution in [2.45, 2.75) is 45.7 Å². The Morgan fingerprint density at radius 2 is 1.68 bits per heavy atom. The fourth-order valence-corrected chi connectivity index (χ4v) is 3.85. The maximum Gasteiger partial charge on any atom is 0.225 e. The van der Waals surface area contributed by atoms with Crippen molar-refractivity contribution in [3.05, 3.63) is 66.0 Å². The van der Waals surface area contributed by atoms with Crippen LogP contribution in [0.25, 0.3) is 0 Å². The molecule has 148 valence electrons. The van der Waals surface area contributed by atoms with E-state index in [4.69, 9.17) is 0 Å². The van der Waals surface area contributed by atoms with Gasteiger partial charge in [-0.05, 0) is 49.8 Å². The Bertz CT molecular complexity index is 756. The zero-order chi connectivity index (χ0) is 19.8. The molecule has 1 fully saturated rings. The van der Waals surface area contributed by atoms with E-state index in [1.54, 1.807) is 12.4 Å². The largest absolute Gasteiger partial charge is 0.352 e. The van der Waals surface area contributed by atoms with Gasteiger partial charge in [0.15, 0.2) is 0 Å². The van der Waals surface area contributed by atoms with Crippen LogP contribution in [0, 0.1) is 11.8 Å². The highest BCUT2D eigenvalue weighted by molar-refractivity contribution is 5.81. The van der Waals surface area contributed by atoms with Gasteiger partial charge in [0, 0.05) is 43.9 Å². The van der Waals surface area contributed by atoms with Crippen molar-refractivity contribution in [1.29, 1.82) is 0 Å². The summed E-state index contributed by atoms with van der Waals surface area (Å²) in [6, 6.07) is 13.9. The fourth-order valence-electron chi connectivity index (χ4n) is 3.85. The third-order valence-corrected chi connectivity index (χ3v) is 5.55. The smallest absolute Gasteiger partial charge is 0.225 e. The summed E-state index contributed by atoms with van der Waals surface area (Å²) in [7, 11) is 0. The van der Waals surface area contributed by atoms with Gasteiger partial charge in [0.05, 0.1) is 0 Å². The lowest BCUT2D eigenvalue weighted by Crippen LogP contribution is -2.39. The molecule has 1 heterocycles. The first-order chi connectivity index (χ1) is 13.7. The van der Waals surface area contributed by atoms with Gasteiger partial charge in [-0.25, -0.2) is 0 Å². The first kappa shape index (κ1) is 20.1. The van der Waals surface area contributed by atoms with Crippen LogP contribution in [0.5, 0.6) is 0 Å². The number of aromatic nitrogens is 1. The summed E-state index contributed by atoms with van der Waals surface area (Å²) in [6.07, 6.45) is 6.61. The predicted molar refractivity (Wildman–Crippen MR) is 109 cm³/mol. The Morgan fingerprint density at radius 3 is 2.32 bits per heavy atom. The summed E-state index contributed by atoms with van der Waals surface area (Å²) in [5.41, 5.74) is 2.15. The van der Waals surface area contributed by atoms with Crippen LogP contribution in [0.1, 0.15) is 43.7 Å². The summed E-state index contributed by atoms with van der Waals surface area (Å²) < 4.78 is 0. The second kappa shape index (κ2) is 10.0. The molecule has 0 unspecified atom stereocenters. The number of amides is 2. The van der Waals surface area contributed by atoms with Crippen LogP contribution in [0.15, 0.2) is 54.9 Å². The standard InChI is InChI=1S/C23H29N3O2/c1-2-26(17-18-7-4-3-5-8-18)23(28)21-12-10-20(11-13-21)22(27)25-16-19-9-6-14-24-15-19/h3-9,14-15,20-21H,2,10-13,16-17H2,1H3,(H,25,27). The van der Waals surface area contributed by atoms with Crippen LogP contribution in [-0.2, 0) is 22.7 Å². The van der Waals surface area contributed by atoms with E-state index in [2.05, 4.69) is 22.4 Å². The third-order valence-electron chi connectivity index (χ3n) is 5.55. The molecule has 1 saturated carbocycles. The van der Waals surface area contributed by atoms with Crippen molar-refractivity contribution in [3.63, 3.8) is 0 Å². The molecule has 5 heteroatoms. The summed E-state index contributed by atoms with van der Waals surface area (Å²) in [4.78, 5) is 31.4. The highest BCUT2D eigenvalue weighted by atomic mass is 16.2. The van der Waals surface area contributed by atoms with E-state index in [9.17, 15) is 9.59 Å². The highest BCUT2D eigenvalue weighted by Gasteiger charge is 2.31. The lowest BCUT2D eigenvalue weighted by atomic mass is 9.81. The van der Waals surface area contributed by atoms with Gasteiger partial charge >= 0.3 is 0 Å². The topological polar surface area (TPSA) is 62.3 Å². The van der Waals surface area contributed by atoms with Gasteiger partial charge in [-0.15, -0.1) is 0 Å². The predicted octanol–water partition coefficient (Wildman–Crippen LogP) is 3.55. The van der Waals surface area contributed by atoms with Gasteiger partial charge in [0.25, 0.3) is 0 Å². The van der Waals surface area contributed by atoms with Gasteiger partial charge in [-0.1, -0.05) is 36.4 Å². The molecule has 0 aliphatic heterocycles. The van der Waals surface area contributed by atoms with Crippen molar-refractivity contribution >= 4 is 11.8 Å². The zero-order valence-electron chi connectivity index (χ0n) is 16.5. The van der Waals surface area contributed by atoms with Crippen molar-refractivity contribution in [2.24, 2.45) is 11.8 Å². The third kappa shape index (κ3) is 5.41. The number of rotatable bonds is 7. The Kier molecular flexibility index (Phi) is 7.18. The minimum absolute atomic E-state index is 0.00456. The molecule has 1 aromatic heterocycles. The molecule has 0 spiro atoms. The first-order valence-corrected chi connectivity index (χ1v) is 10.2. The number of nitrogens with zero attached hydrogens (tertiary/aromatic N) is 2. The Morgan fingerprint density at radius 1 is 1.00 bits per heavy atom. The molecule has 2 aromatic rings. The second-order valence-corrected chi connectivity index (χ2v) is 7.47. The molecular formula is C23H29N3O2. The summed E-state index contributed by atoms with van der Waals surface area (Å²) in [5, 5.41) is 3.01. The number of carbonyl (C=O) groups is 2. The van der Waals surface area contributed by atoms with Gasteiger partial charge in [0.1, 0.15) is 0 Å². The number of hydrogen-bond donors (Lipinski definition) is 1. The molecule has 1 aromatic carbocycles. The van der Waals surface area contributed by atoms with Crippen LogP contribution in [0.3, 0.4) is 0 Å². The molecular weight excluding hydrogens is 350 g/mol. The highest BCUT2D eigenvalue weighted by Crippen LogP contribution is 2.30. The molecule has 0 atom stereocenters. The molecule has 1 aliphatic carbocycles. The van der Waals surface area contributed by atoms with E-state index < -0.39 is 0 Å². The van der Waals surface area contributed by atoms with E-state index in [1.165, 1.54) is 0 Å². The van der Waals surface area contributed by atoms with Gasteiger partial charge < -0.3 is 10.2 Å². The number of carbonyl (C=O) groups excluding carboxylic acids is 2. The number of benzene rings is 1. The first-order valence-electron chi connectivity index (χ1n) is 10.2. The normalized spacial score (nSPS) is 19.0. The lowest BCUT2D eigenvalue weighted by molar-refractivity contribution is -0.138. The fraction of sp³-hybridized carbons (Fsp3) is 0.435. The van der Waals surface area contributed by atoms with Crippen molar-refractivity contribution in [1.82, 2.24) is 15.2 Å². The quantitative estimate of drug-likeness (QED) is 0.800. The average Bonchev–Trinajstić information content (AvgIpc) is 2.77.